The Labute approximate surface area is 178 Å². The molecule has 0 spiro atoms. The smallest absolute Gasteiger partial charge is 0.369 e. The van der Waals surface area contributed by atoms with Crippen molar-refractivity contribution in [3.63, 3.8) is 0 Å². The second-order valence-electron chi connectivity index (χ2n) is 7.75. The SMILES string of the molecule is FC(F)(F)c1cc(N2CCNCC2)cc2c1Nc1ccc(N3CCNCC3)cc1S2. The molecular weight excluding hydrogens is 411 g/mol. The predicted molar refractivity (Wildman–Crippen MR) is 115 cm³/mol. The Kier molecular flexibility index (Phi) is 5.20. The average Bonchev–Trinajstić information content (AvgIpc) is 2.77. The number of halogens is 3. The highest BCUT2D eigenvalue weighted by Gasteiger charge is 2.37. The minimum absolute atomic E-state index is 0.161. The standard InChI is InChI=1S/C21H24F3N5S/c22-21(23,24)16-11-15(29-9-5-26-6-10-29)13-19-20(16)27-17-2-1-14(12-18(17)30-19)28-7-3-25-4-8-28/h1-2,11-13,25-27H,3-10H2. The Morgan fingerprint density at radius 2 is 1.37 bits per heavy atom. The number of hydrogen-bond acceptors (Lipinski definition) is 6. The number of piperazine rings is 2. The van der Waals surface area contributed by atoms with Crippen molar-refractivity contribution in [3.05, 3.63) is 35.9 Å². The van der Waals surface area contributed by atoms with E-state index in [-0.39, 0.29) is 5.69 Å². The van der Waals surface area contributed by atoms with Gasteiger partial charge in [-0.1, -0.05) is 11.8 Å². The Bertz CT molecular complexity index is 937. The van der Waals surface area contributed by atoms with Crippen LogP contribution in [0.4, 0.5) is 35.9 Å². The molecule has 3 aliphatic rings. The monoisotopic (exact) mass is 435 g/mol. The largest absolute Gasteiger partial charge is 0.418 e. The van der Waals surface area contributed by atoms with Gasteiger partial charge < -0.3 is 25.8 Å². The highest BCUT2D eigenvalue weighted by molar-refractivity contribution is 7.99. The Morgan fingerprint density at radius 1 is 0.767 bits per heavy atom. The molecule has 0 bridgehead atoms. The lowest BCUT2D eigenvalue weighted by atomic mass is 10.1. The molecule has 3 heterocycles. The molecule has 5 nitrogen and oxygen atoms in total. The quantitative estimate of drug-likeness (QED) is 0.570. The second kappa shape index (κ2) is 7.86. The lowest BCUT2D eigenvalue weighted by molar-refractivity contribution is -0.137. The summed E-state index contributed by atoms with van der Waals surface area (Å²) in [6, 6.07) is 9.16. The normalized spacial score (nSPS) is 19.2. The summed E-state index contributed by atoms with van der Waals surface area (Å²) in [5.41, 5.74) is 2.04. The van der Waals surface area contributed by atoms with Gasteiger partial charge in [0, 0.05) is 73.5 Å². The molecule has 9 heteroatoms. The van der Waals surface area contributed by atoms with Crippen LogP contribution in [0.2, 0.25) is 0 Å². The molecule has 160 valence electrons. The summed E-state index contributed by atoms with van der Waals surface area (Å²) in [6.45, 7) is 6.71. The van der Waals surface area contributed by atoms with E-state index in [4.69, 9.17) is 0 Å². The zero-order valence-corrected chi connectivity index (χ0v) is 17.3. The van der Waals surface area contributed by atoms with Crippen molar-refractivity contribution in [1.82, 2.24) is 10.6 Å². The van der Waals surface area contributed by atoms with Crippen LogP contribution in [0.3, 0.4) is 0 Å². The molecule has 3 N–H and O–H groups in total. The molecule has 0 saturated carbocycles. The van der Waals surface area contributed by atoms with E-state index in [1.54, 1.807) is 0 Å². The van der Waals surface area contributed by atoms with Crippen molar-refractivity contribution in [2.24, 2.45) is 0 Å². The van der Waals surface area contributed by atoms with Gasteiger partial charge in [0.25, 0.3) is 0 Å². The third-order valence-corrected chi connectivity index (χ3v) is 6.90. The highest BCUT2D eigenvalue weighted by Crippen LogP contribution is 2.51. The third kappa shape index (κ3) is 3.81. The van der Waals surface area contributed by atoms with E-state index in [0.717, 1.165) is 55.5 Å². The maximum absolute atomic E-state index is 13.9. The van der Waals surface area contributed by atoms with Crippen LogP contribution in [0.25, 0.3) is 0 Å². The van der Waals surface area contributed by atoms with E-state index >= 15 is 0 Å². The van der Waals surface area contributed by atoms with Gasteiger partial charge in [0.2, 0.25) is 0 Å². The zero-order chi connectivity index (χ0) is 20.7. The number of fused-ring (bicyclic) bond motifs is 2. The van der Waals surface area contributed by atoms with Gasteiger partial charge in [0.05, 0.1) is 16.9 Å². The van der Waals surface area contributed by atoms with E-state index in [9.17, 15) is 13.2 Å². The number of alkyl halides is 3. The van der Waals surface area contributed by atoms with Crippen molar-refractivity contribution < 1.29 is 13.2 Å². The number of nitrogens with zero attached hydrogens (tertiary/aromatic N) is 2. The lowest BCUT2D eigenvalue weighted by Gasteiger charge is -2.33. The molecule has 5 rings (SSSR count). The van der Waals surface area contributed by atoms with Gasteiger partial charge in [-0.05, 0) is 30.3 Å². The molecule has 2 saturated heterocycles. The number of hydrogen-bond donors (Lipinski definition) is 3. The van der Waals surface area contributed by atoms with Crippen LogP contribution in [0.1, 0.15) is 5.56 Å². The molecule has 0 unspecified atom stereocenters. The molecule has 2 fully saturated rings. The molecule has 2 aromatic rings. The van der Waals surface area contributed by atoms with Crippen LogP contribution in [-0.2, 0) is 6.18 Å². The van der Waals surface area contributed by atoms with Crippen LogP contribution in [0.15, 0.2) is 40.1 Å². The minimum Gasteiger partial charge on any atom is -0.369 e. The molecule has 30 heavy (non-hydrogen) atoms. The van der Waals surface area contributed by atoms with Crippen LogP contribution >= 0.6 is 11.8 Å². The highest BCUT2D eigenvalue weighted by atomic mass is 32.2. The first-order chi connectivity index (χ1) is 14.5. The fourth-order valence-electron chi connectivity index (χ4n) is 4.21. The first-order valence-corrected chi connectivity index (χ1v) is 11.1. The van der Waals surface area contributed by atoms with Crippen LogP contribution in [0.5, 0.6) is 0 Å². The number of anilines is 4. The van der Waals surface area contributed by atoms with Gasteiger partial charge in [0.1, 0.15) is 0 Å². The van der Waals surface area contributed by atoms with Crippen LogP contribution in [0, 0.1) is 0 Å². The first kappa shape index (κ1) is 19.8. The van der Waals surface area contributed by atoms with E-state index < -0.39 is 11.7 Å². The van der Waals surface area contributed by atoms with E-state index in [2.05, 4.69) is 26.9 Å². The summed E-state index contributed by atoms with van der Waals surface area (Å²) < 4.78 is 41.7. The number of nitrogens with one attached hydrogen (secondary N) is 3. The van der Waals surface area contributed by atoms with Gasteiger partial charge in [-0.25, -0.2) is 0 Å². The topological polar surface area (TPSA) is 42.6 Å². The zero-order valence-electron chi connectivity index (χ0n) is 16.5. The summed E-state index contributed by atoms with van der Waals surface area (Å²) in [7, 11) is 0. The fourth-order valence-corrected chi connectivity index (χ4v) is 5.30. The van der Waals surface area contributed by atoms with Crippen molar-refractivity contribution >= 4 is 34.5 Å². The molecule has 0 atom stereocenters. The lowest BCUT2D eigenvalue weighted by Crippen LogP contribution is -2.43. The molecule has 0 amide bonds. The summed E-state index contributed by atoms with van der Waals surface area (Å²) >= 11 is 1.42. The minimum atomic E-state index is -4.42. The van der Waals surface area contributed by atoms with Gasteiger partial charge in [0.15, 0.2) is 0 Å². The average molecular weight is 436 g/mol. The molecule has 2 aromatic carbocycles. The van der Waals surface area contributed by atoms with Gasteiger partial charge in [-0.15, -0.1) is 0 Å². The summed E-state index contributed by atoms with van der Waals surface area (Å²) in [5.74, 6) is 0. The Hall–Kier alpha value is -2.10. The van der Waals surface area contributed by atoms with E-state index in [1.165, 1.54) is 17.8 Å². The van der Waals surface area contributed by atoms with Crippen molar-refractivity contribution in [2.45, 2.75) is 16.0 Å². The van der Waals surface area contributed by atoms with Gasteiger partial charge in [-0.2, -0.15) is 13.2 Å². The molecule has 0 aromatic heterocycles. The second-order valence-corrected chi connectivity index (χ2v) is 8.83. The summed E-state index contributed by atoms with van der Waals surface area (Å²) in [6.07, 6.45) is -4.42. The number of benzene rings is 2. The fraction of sp³-hybridized carbons (Fsp3) is 0.429. The summed E-state index contributed by atoms with van der Waals surface area (Å²) in [5, 5.41) is 9.67. The maximum Gasteiger partial charge on any atom is 0.418 e. The third-order valence-electron chi connectivity index (χ3n) is 5.80. The van der Waals surface area contributed by atoms with Gasteiger partial charge >= 0.3 is 6.18 Å². The molecular formula is C21H24F3N5S. The molecule has 0 aliphatic carbocycles. The van der Waals surface area contributed by atoms with Crippen LogP contribution in [-0.4, -0.2) is 52.4 Å². The van der Waals surface area contributed by atoms with E-state index in [1.807, 2.05) is 23.1 Å². The van der Waals surface area contributed by atoms with Gasteiger partial charge in [-0.3, -0.25) is 0 Å². The molecule has 3 aliphatic heterocycles. The molecule has 0 radical (unpaired) electrons. The predicted octanol–water partition coefficient (Wildman–Crippen LogP) is 3.73. The van der Waals surface area contributed by atoms with Crippen molar-refractivity contribution in [2.75, 3.05) is 67.5 Å². The Morgan fingerprint density at radius 3 is 2.00 bits per heavy atom. The van der Waals surface area contributed by atoms with E-state index in [0.29, 0.717) is 23.7 Å². The van der Waals surface area contributed by atoms with Crippen molar-refractivity contribution in [3.8, 4) is 0 Å². The number of rotatable bonds is 2. The maximum atomic E-state index is 13.9. The Balaban J connectivity index is 1.51. The van der Waals surface area contributed by atoms with Crippen LogP contribution < -0.4 is 25.8 Å². The van der Waals surface area contributed by atoms with Crippen molar-refractivity contribution in [1.29, 1.82) is 0 Å². The summed E-state index contributed by atoms with van der Waals surface area (Å²) in [4.78, 5) is 5.93. The first-order valence-electron chi connectivity index (χ1n) is 10.2.